The minimum atomic E-state index is -0.822. The predicted molar refractivity (Wildman–Crippen MR) is 78.5 cm³/mol. The fourth-order valence-electron chi connectivity index (χ4n) is 2.59. The molecule has 110 valence electrons. The first-order valence-corrected chi connectivity index (χ1v) is 7.88. The van der Waals surface area contributed by atoms with Crippen molar-refractivity contribution in [2.45, 2.75) is 52.1 Å². The molecule has 1 fully saturated rings. The van der Waals surface area contributed by atoms with Crippen molar-refractivity contribution in [1.82, 2.24) is 4.90 Å². The van der Waals surface area contributed by atoms with E-state index in [4.69, 9.17) is 0 Å². The second-order valence-electron chi connectivity index (χ2n) is 5.81. The number of thiophene rings is 1. The first-order valence-electron chi connectivity index (χ1n) is 7.00. The average molecular weight is 295 g/mol. The third kappa shape index (κ3) is 3.03. The molecule has 0 bridgehead atoms. The summed E-state index contributed by atoms with van der Waals surface area (Å²) in [7, 11) is 0. The molecule has 0 radical (unpaired) electrons. The molecule has 1 amide bonds. The van der Waals surface area contributed by atoms with Gasteiger partial charge in [-0.05, 0) is 38.1 Å². The standard InChI is InChI=1S/C15H21NO3S/c1-11(2)16(10-12-5-3-8-20-12)13(17)9-15(14(18)19)6-4-7-15/h3,5,8,11H,4,6-7,9-10H2,1-2H3,(H,18,19). The first kappa shape index (κ1) is 15.0. The number of amides is 1. The van der Waals surface area contributed by atoms with Crippen LogP contribution in [0.25, 0.3) is 0 Å². The number of aliphatic carboxylic acids is 1. The van der Waals surface area contributed by atoms with Crippen LogP contribution in [0, 0.1) is 5.41 Å². The lowest BCUT2D eigenvalue weighted by Crippen LogP contribution is -2.45. The zero-order chi connectivity index (χ0) is 14.8. The Labute approximate surface area is 123 Å². The van der Waals surface area contributed by atoms with Crippen LogP contribution in [-0.2, 0) is 16.1 Å². The molecule has 5 heteroatoms. The Balaban J connectivity index is 2.05. The van der Waals surface area contributed by atoms with E-state index in [1.165, 1.54) is 0 Å². The Morgan fingerprint density at radius 2 is 2.15 bits per heavy atom. The topological polar surface area (TPSA) is 57.6 Å². The summed E-state index contributed by atoms with van der Waals surface area (Å²) >= 11 is 1.62. The monoisotopic (exact) mass is 295 g/mol. The molecule has 1 N–H and O–H groups in total. The number of carboxylic acids is 1. The molecule has 1 heterocycles. The van der Waals surface area contributed by atoms with Crippen LogP contribution in [-0.4, -0.2) is 27.9 Å². The second kappa shape index (κ2) is 5.95. The summed E-state index contributed by atoms with van der Waals surface area (Å²) in [5.74, 6) is -0.868. The highest BCUT2D eigenvalue weighted by atomic mass is 32.1. The maximum absolute atomic E-state index is 12.5. The largest absolute Gasteiger partial charge is 0.481 e. The summed E-state index contributed by atoms with van der Waals surface area (Å²) in [5, 5.41) is 11.3. The molecule has 1 aliphatic carbocycles. The number of carbonyl (C=O) groups excluding carboxylic acids is 1. The molecule has 0 unspecified atom stereocenters. The highest BCUT2D eigenvalue weighted by Gasteiger charge is 2.46. The van der Waals surface area contributed by atoms with Crippen LogP contribution in [0.1, 0.15) is 44.4 Å². The van der Waals surface area contributed by atoms with E-state index in [0.717, 1.165) is 11.3 Å². The van der Waals surface area contributed by atoms with Crippen molar-refractivity contribution in [3.8, 4) is 0 Å². The van der Waals surface area contributed by atoms with Crippen LogP contribution in [0.5, 0.6) is 0 Å². The molecule has 0 spiro atoms. The van der Waals surface area contributed by atoms with E-state index in [0.29, 0.717) is 19.4 Å². The molecule has 4 nitrogen and oxygen atoms in total. The molecule has 1 aromatic rings. The van der Waals surface area contributed by atoms with Gasteiger partial charge in [-0.15, -0.1) is 11.3 Å². The Kier molecular flexibility index (Phi) is 4.48. The van der Waals surface area contributed by atoms with E-state index in [2.05, 4.69) is 0 Å². The molecule has 0 atom stereocenters. The van der Waals surface area contributed by atoms with Gasteiger partial charge in [0.05, 0.1) is 12.0 Å². The van der Waals surface area contributed by atoms with E-state index >= 15 is 0 Å². The van der Waals surface area contributed by atoms with Crippen LogP contribution in [0.3, 0.4) is 0 Å². The highest BCUT2D eigenvalue weighted by Crippen LogP contribution is 2.44. The van der Waals surface area contributed by atoms with Gasteiger partial charge in [0.1, 0.15) is 0 Å². The maximum Gasteiger partial charge on any atom is 0.310 e. The minimum absolute atomic E-state index is 0.0458. The molecule has 2 rings (SSSR count). The third-order valence-corrected chi connectivity index (χ3v) is 4.97. The fraction of sp³-hybridized carbons (Fsp3) is 0.600. The van der Waals surface area contributed by atoms with Crippen molar-refractivity contribution in [1.29, 1.82) is 0 Å². The van der Waals surface area contributed by atoms with Crippen LogP contribution < -0.4 is 0 Å². The van der Waals surface area contributed by atoms with Crippen molar-refractivity contribution in [2.24, 2.45) is 5.41 Å². The molecule has 0 aliphatic heterocycles. The van der Waals surface area contributed by atoms with Gasteiger partial charge in [0.2, 0.25) is 5.91 Å². The number of carbonyl (C=O) groups is 2. The van der Waals surface area contributed by atoms with Crippen LogP contribution in [0.4, 0.5) is 0 Å². The predicted octanol–water partition coefficient (Wildman–Crippen LogP) is 3.13. The molecule has 1 saturated carbocycles. The fourth-order valence-corrected chi connectivity index (χ4v) is 3.29. The summed E-state index contributed by atoms with van der Waals surface area (Å²) in [5.41, 5.74) is -0.806. The molecular weight excluding hydrogens is 274 g/mol. The van der Waals surface area contributed by atoms with E-state index < -0.39 is 11.4 Å². The second-order valence-corrected chi connectivity index (χ2v) is 6.84. The van der Waals surface area contributed by atoms with E-state index in [1.54, 1.807) is 16.2 Å². The summed E-state index contributed by atoms with van der Waals surface area (Å²) < 4.78 is 0. The van der Waals surface area contributed by atoms with Gasteiger partial charge < -0.3 is 10.0 Å². The van der Waals surface area contributed by atoms with E-state index in [-0.39, 0.29) is 18.4 Å². The van der Waals surface area contributed by atoms with Crippen LogP contribution in [0.2, 0.25) is 0 Å². The molecular formula is C15H21NO3S. The Morgan fingerprint density at radius 3 is 2.55 bits per heavy atom. The highest BCUT2D eigenvalue weighted by molar-refractivity contribution is 7.09. The lowest BCUT2D eigenvalue weighted by Gasteiger charge is -2.39. The Morgan fingerprint density at radius 1 is 1.45 bits per heavy atom. The maximum atomic E-state index is 12.5. The number of hydrogen-bond donors (Lipinski definition) is 1. The summed E-state index contributed by atoms with van der Waals surface area (Å²) in [6.45, 7) is 4.52. The molecule has 1 aliphatic rings. The lowest BCUT2D eigenvalue weighted by molar-refractivity contribution is -0.160. The van der Waals surface area contributed by atoms with Gasteiger partial charge in [0, 0.05) is 17.3 Å². The van der Waals surface area contributed by atoms with Crippen molar-refractivity contribution in [3.05, 3.63) is 22.4 Å². The normalized spacial score (nSPS) is 16.8. The van der Waals surface area contributed by atoms with Crippen LogP contribution >= 0.6 is 11.3 Å². The van der Waals surface area contributed by atoms with E-state index in [9.17, 15) is 14.7 Å². The number of rotatable bonds is 6. The number of hydrogen-bond acceptors (Lipinski definition) is 3. The van der Waals surface area contributed by atoms with Gasteiger partial charge in [-0.3, -0.25) is 9.59 Å². The van der Waals surface area contributed by atoms with E-state index in [1.807, 2.05) is 31.4 Å². The van der Waals surface area contributed by atoms with Gasteiger partial charge in [0.25, 0.3) is 0 Å². The van der Waals surface area contributed by atoms with Gasteiger partial charge >= 0.3 is 5.97 Å². The molecule has 20 heavy (non-hydrogen) atoms. The van der Waals surface area contributed by atoms with Gasteiger partial charge in [-0.2, -0.15) is 0 Å². The van der Waals surface area contributed by atoms with Crippen molar-refractivity contribution >= 4 is 23.2 Å². The smallest absolute Gasteiger partial charge is 0.310 e. The third-order valence-electron chi connectivity index (χ3n) is 4.10. The van der Waals surface area contributed by atoms with Crippen molar-refractivity contribution in [2.75, 3.05) is 0 Å². The zero-order valence-corrected chi connectivity index (χ0v) is 12.8. The first-order chi connectivity index (χ1) is 9.44. The lowest BCUT2D eigenvalue weighted by atomic mass is 9.66. The van der Waals surface area contributed by atoms with Crippen LogP contribution in [0.15, 0.2) is 17.5 Å². The summed E-state index contributed by atoms with van der Waals surface area (Å²) in [4.78, 5) is 26.8. The molecule has 1 aromatic heterocycles. The number of nitrogens with zero attached hydrogens (tertiary/aromatic N) is 1. The molecule has 0 aromatic carbocycles. The molecule has 0 saturated heterocycles. The van der Waals surface area contributed by atoms with Crippen molar-refractivity contribution < 1.29 is 14.7 Å². The quantitative estimate of drug-likeness (QED) is 0.877. The van der Waals surface area contributed by atoms with Gasteiger partial charge in [-0.25, -0.2) is 0 Å². The Bertz CT molecular complexity index is 477. The number of carboxylic acid groups (broad SMARTS) is 1. The SMILES string of the molecule is CC(C)N(Cc1cccs1)C(=O)CC1(C(=O)O)CCC1. The summed E-state index contributed by atoms with van der Waals surface area (Å²) in [6.07, 6.45) is 2.29. The minimum Gasteiger partial charge on any atom is -0.481 e. The Hall–Kier alpha value is -1.36. The van der Waals surface area contributed by atoms with Crippen molar-refractivity contribution in [3.63, 3.8) is 0 Å². The van der Waals surface area contributed by atoms with Gasteiger partial charge in [0.15, 0.2) is 0 Å². The average Bonchev–Trinajstić information content (AvgIpc) is 2.82. The summed E-state index contributed by atoms with van der Waals surface area (Å²) in [6, 6.07) is 4.05. The van der Waals surface area contributed by atoms with Gasteiger partial charge in [-0.1, -0.05) is 12.5 Å². The zero-order valence-electron chi connectivity index (χ0n) is 12.0.